The maximum atomic E-state index is 14.4. The molecule has 1 saturated carbocycles. The number of benzene rings is 2. The molecule has 2 unspecified atom stereocenters. The molecule has 52 heavy (non-hydrogen) atoms. The number of urea groups is 1. The van der Waals surface area contributed by atoms with Gasteiger partial charge in [-0.05, 0) is 43.9 Å². The third-order valence-corrected chi connectivity index (χ3v) is 11.9. The normalized spacial score (nSPS) is 20.7. The van der Waals surface area contributed by atoms with E-state index in [1.54, 1.807) is 39.9 Å². The smallest absolute Gasteiger partial charge is 0.407 e. The van der Waals surface area contributed by atoms with Crippen LogP contribution in [0.15, 0.2) is 77.8 Å². The van der Waals surface area contributed by atoms with Crippen LogP contribution in [-0.4, -0.2) is 94.1 Å². The number of amides is 4. The Morgan fingerprint density at radius 2 is 1.81 bits per heavy atom. The third-order valence-electron chi connectivity index (χ3n) is 9.99. The summed E-state index contributed by atoms with van der Waals surface area (Å²) in [4.78, 5) is 56.5. The number of aromatic nitrogens is 2. The summed E-state index contributed by atoms with van der Waals surface area (Å²) in [5, 5.41) is 9.64. The van der Waals surface area contributed by atoms with Crippen LogP contribution in [0.25, 0.3) is 0 Å². The number of alkyl carbamates (subject to hydrolysis) is 1. The Kier molecular flexibility index (Phi) is 12.2. The van der Waals surface area contributed by atoms with Gasteiger partial charge in [0.15, 0.2) is 0 Å². The minimum absolute atomic E-state index is 0.112. The fourth-order valence-electron chi connectivity index (χ4n) is 7.01. The average molecular weight is 744 g/mol. The molecule has 3 heterocycles. The first kappa shape index (κ1) is 37.4. The van der Waals surface area contributed by atoms with Gasteiger partial charge in [0.1, 0.15) is 12.6 Å². The molecule has 0 radical (unpaired) electrons. The molecule has 2 N–H and O–H groups in total. The van der Waals surface area contributed by atoms with Gasteiger partial charge < -0.3 is 30.1 Å². The summed E-state index contributed by atoms with van der Waals surface area (Å²) in [6.07, 6.45) is 3.87. The summed E-state index contributed by atoms with van der Waals surface area (Å²) in [6, 6.07) is 19.3. The van der Waals surface area contributed by atoms with Crippen LogP contribution in [-0.2, 0) is 29.1 Å². The minimum atomic E-state index is -0.649. The van der Waals surface area contributed by atoms with Crippen molar-refractivity contribution < 1.29 is 19.1 Å². The number of hydrogen-bond acceptors (Lipinski definition) is 9. The molecule has 4 amide bonds. The quantitative estimate of drug-likeness (QED) is 0.157. The highest BCUT2D eigenvalue weighted by Crippen LogP contribution is 2.54. The predicted octanol–water partition coefficient (Wildman–Crippen LogP) is 6.25. The van der Waals surface area contributed by atoms with Gasteiger partial charge in [0.25, 0.3) is 0 Å². The monoisotopic (exact) mass is 743 g/mol. The molecule has 6 rings (SSSR count). The molecule has 2 fully saturated rings. The van der Waals surface area contributed by atoms with Gasteiger partial charge in [-0.2, -0.15) is 0 Å². The molecule has 0 spiro atoms. The van der Waals surface area contributed by atoms with Crippen LogP contribution in [0, 0.1) is 0 Å². The summed E-state index contributed by atoms with van der Waals surface area (Å²) in [5.74, 6) is 0.285. The van der Waals surface area contributed by atoms with Gasteiger partial charge in [0.2, 0.25) is 5.91 Å². The topological polar surface area (TPSA) is 120 Å². The molecular weight excluding hydrogens is 695 g/mol. The summed E-state index contributed by atoms with van der Waals surface area (Å²) in [7, 11) is 3.77. The van der Waals surface area contributed by atoms with Gasteiger partial charge in [-0.3, -0.25) is 9.78 Å². The zero-order valence-electron chi connectivity index (χ0n) is 30.4. The number of carbonyl (C=O) groups is 3. The van der Waals surface area contributed by atoms with Crippen molar-refractivity contribution in [2.24, 2.45) is 0 Å². The van der Waals surface area contributed by atoms with E-state index in [-0.39, 0.29) is 30.5 Å². The highest BCUT2D eigenvalue weighted by atomic mass is 32.1. The molecule has 2 aromatic heterocycles. The second-order valence-corrected chi connectivity index (χ2v) is 16.2. The van der Waals surface area contributed by atoms with Crippen molar-refractivity contribution in [3.63, 3.8) is 0 Å². The highest BCUT2D eigenvalue weighted by Gasteiger charge is 2.56. The highest BCUT2D eigenvalue weighted by molar-refractivity contribution is 7.09. The van der Waals surface area contributed by atoms with Crippen molar-refractivity contribution >= 4 is 40.7 Å². The lowest BCUT2D eigenvalue weighted by Gasteiger charge is -2.41. The summed E-state index contributed by atoms with van der Waals surface area (Å²) in [5.41, 5.74) is 4.31. The van der Waals surface area contributed by atoms with E-state index in [4.69, 9.17) is 9.72 Å². The van der Waals surface area contributed by atoms with E-state index in [0.29, 0.717) is 51.4 Å². The maximum Gasteiger partial charge on any atom is 0.407 e. The summed E-state index contributed by atoms with van der Waals surface area (Å²) < 4.78 is 5.55. The van der Waals surface area contributed by atoms with Gasteiger partial charge in [-0.25, -0.2) is 14.6 Å². The molecule has 1 aliphatic heterocycles. The van der Waals surface area contributed by atoms with Crippen molar-refractivity contribution in [2.75, 3.05) is 33.7 Å². The second-order valence-electron chi connectivity index (χ2n) is 14.4. The molecule has 11 nitrogen and oxygen atoms in total. The van der Waals surface area contributed by atoms with Gasteiger partial charge in [-0.1, -0.05) is 74.5 Å². The van der Waals surface area contributed by atoms with E-state index >= 15 is 0 Å². The Hall–Kier alpha value is -4.33. The van der Waals surface area contributed by atoms with Crippen molar-refractivity contribution in [1.82, 2.24) is 35.3 Å². The number of likely N-dealkylation sites (N-methyl/N-ethyl adjacent to an activating group) is 1. The van der Waals surface area contributed by atoms with E-state index < -0.39 is 17.7 Å². The van der Waals surface area contributed by atoms with E-state index in [1.165, 1.54) is 11.3 Å². The number of thiazole rings is 2. The first-order chi connectivity index (χ1) is 25.1. The maximum absolute atomic E-state index is 14.4. The Morgan fingerprint density at radius 1 is 1.06 bits per heavy atom. The molecule has 0 bridgehead atoms. The zero-order valence-corrected chi connectivity index (χ0v) is 32.0. The second kappa shape index (κ2) is 17.0. The lowest BCUT2D eigenvalue weighted by molar-refractivity contribution is -0.128. The Labute approximate surface area is 314 Å². The Morgan fingerprint density at radius 3 is 2.50 bits per heavy atom. The van der Waals surface area contributed by atoms with Crippen LogP contribution >= 0.6 is 22.7 Å². The standard InChI is InChI=1S/C39H49N7O4S2/c1-27(2)36-41-31(25-51-36)22-45(4)38(49)46-18-17-44(3)23-34(46)35(47)43-39(20-33(39)29-13-9-6-10-14-29)16-15-30(19-28-11-7-5-8-12-28)42-37(48)50-24-32-21-40-26-52-32/h5-14,21,25-27,30,33-34H,15-20,22-24H2,1-4H3,(H,42,48)(H,43,47)/t30-,33?,34-,39?/m0/s1. The fraction of sp³-hybridized carbons (Fsp3) is 0.462. The van der Waals surface area contributed by atoms with Gasteiger partial charge in [-0.15, -0.1) is 22.7 Å². The van der Waals surface area contributed by atoms with Crippen LogP contribution in [0.1, 0.15) is 71.7 Å². The number of carbonyl (C=O) groups excluding carboxylic acids is 3. The van der Waals surface area contributed by atoms with Gasteiger partial charge in [0, 0.05) is 61.7 Å². The molecule has 2 aliphatic rings. The summed E-state index contributed by atoms with van der Waals surface area (Å²) in [6.45, 7) is 6.34. The zero-order chi connectivity index (χ0) is 36.7. The van der Waals surface area contributed by atoms with Crippen LogP contribution in [0.3, 0.4) is 0 Å². The van der Waals surface area contributed by atoms with Gasteiger partial charge in [0.05, 0.1) is 27.6 Å². The van der Waals surface area contributed by atoms with Crippen LogP contribution in [0.2, 0.25) is 0 Å². The SMILES string of the molecule is CC(C)c1nc(CN(C)C(=O)N2CCN(C)C[C@H]2C(=O)NC2(CC[C@@H](Cc3ccccc3)NC(=O)OCc3cncs3)CC2c2ccccc2)cs1. The third kappa shape index (κ3) is 9.55. The number of piperazine rings is 1. The molecule has 13 heteroatoms. The van der Waals surface area contributed by atoms with Crippen LogP contribution in [0.4, 0.5) is 9.59 Å². The molecule has 2 aromatic carbocycles. The summed E-state index contributed by atoms with van der Waals surface area (Å²) >= 11 is 3.05. The largest absolute Gasteiger partial charge is 0.444 e. The first-order valence-electron chi connectivity index (χ1n) is 18.0. The first-order valence-corrected chi connectivity index (χ1v) is 19.7. The number of nitrogens with zero attached hydrogens (tertiary/aromatic N) is 5. The van der Waals surface area contributed by atoms with Crippen molar-refractivity contribution in [2.45, 2.75) is 82.1 Å². The number of hydrogen-bond donors (Lipinski definition) is 2. The fourth-order valence-corrected chi connectivity index (χ4v) is 8.34. The molecule has 4 aromatic rings. The van der Waals surface area contributed by atoms with Crippen LogP contribution < -0.4 is 10.6 Å². The predicted molar refractivity (Wildman–Crippen MR) is 204 cm³/mol. The lowest BCUT2D eigenvalue weighted by atomic mass is 9.95. The van der Waals surface area contributed by atoms with Crippen molar-refractivity contribution in [1.29, 1.82) is 0 Å². The lowest BCUT2D eigenvalue weighted by Crippen LogP contribution is -2.63. The minimum Gasteiger partial charge on any atom is -0.444 e. The number of nitrogens with one attached hydrogen (secondary N) is 2. The number of rotatable bonds is 14. The Balaban J connectivity index is 1.17. The molecule has 276 valence electrons. The molecule has 4 atom stereocenters. The Bertz CT molecular complexity index is 1770. The van der Waals surface area contributed by atoms with E-state index in [9.17, 15) is 14.4 Å². The average Bonchev–Trinajstić information content (AvgIpc) is 3.44. The van der Waals surface area contributed by atoms with E-state index in [1.807, 2.05) is 48.8 Å². The number of ether oxygens (including phenoxy) is 1. The molecule has 1 aliphatic carbocycles. The van der Waals surface area contributed by atoms with Crippen molar-refractivity contribution in [3.8, 4) is 0 Å². The molecule has 1 saturated heterocycles. The molecular formula is C39H49N7O4S2. The van der Waals surface area contributed by atoms with E-state index in [0.717, 1.165) is 33.1 Å². The van der Waals surface area contributed by atoms with E-state index in [2.05, 4.69) is 58.6 Å². The van der Waals surface area contributed by atoms with Gasteiger partial charge >= 0.3 is 12.1 Å². The van der Waals surface area contributed by atoms with Crippen molar-refractivity contribution in [3.05, 3.63) is 104 Å². The van der Waals surface area contributed by atoms with Crippen LogP contribution in [0.5, 0.6) is 0 Å².